The lowest BCUT2D eigenvalue weighted by Crippen LogP contribution is -2.35. The minimum Gasteiger partial charge on any atom is -0.495 e. The van der Waals surface area contributed by atoms with Crippen LogP contribution in [0.3, 0.4) is 0 Å². The molecule has 0 aromatic heterocycles. The molecule has 7 heteroatoms. The number of methoxy groups -OCH3 is 1. The average molecular weight is 546 g/mol. The Balaban J connectivity index is 2.03. The van der Waals surface area contributed by atoms with Gasteiger partial charge in [-0.25, -0.2) is 5.01 Å². The van der Waals surface area contributed by atoms with Gasteiger partial charge in [0.05, 0.1) is 16.4 Å². The normalized spacial score (nSPS) is 15.8. The molecule has 1 aliphatic heterocycles. The van der Waals surface area contributed by atoms with E-state index in [9.17, 15) is 9.59 Å². The summed E-state index contributed by atoms with van der Waals surface area (Å²) >= 11 is 4.36. The predicted molar refractivity (Wildman–Crippen MR) is 108 cm³/mol. The maximum absolute atomic E-state index is 12.6. The van der Waals surface area contributed by atoms with Gasteiger partial charge in [0.1, 0.15) is 11.3 Å². The minimum atomic E-state index is -0.431. The third kappa shape index (κ3) is 3.27. The summed E-state index contributed by atoms with van der Waals surface area (Å²) in [6, 6.07) is 12.8. The van der Waals surface area contributed by atoms with E-state index in [4.69, 9.17) is 4.74 Å². The molecule has 2 aromatic carbocycles. The van der Waals surface area contributed by atoms with Gasteiger partial charge in [-0.05, 0) is 75.5 Å². The van der Waals surface area contributed by atoms with Gasteiger partial charge in [0.2, 0.25) is 0 Å². The Hall–Kier alpha value is -1.62. The second-order valence-electron chi connectivity index (χ2n) is 4.99. The summed E-state index contributed by atoms with van der Waals surface area (Å²) in [6.07, 6.45) is 1.57. The van der Waals surface area contributed by atoms with E-state index in [1.165, 1.54) is 5.01 Å². The molecular weight excluding hydrogens is 534 g/mol. The molecule has 24 heavy (non-hydrogen) atoms. The smallest absolute Gasteiger partial charge is 0.282 e. The van der Waals surface area contributed by atoms with Crippen molar-refractivity contribution in [1.29, 1.82) is 0 Å². The first-order chi connectivity index (χ1) is 11.5. The zero-order valence-corrected chi connectivity index (χ0v) is 16.9. The highest BCUT2D eigenvalue weighted by Gasteiger charge is 2.34. The second kappa shape index (κ2) is 7.09. The number of hydrazine groups is 1. The number of rotatable bonds is 3. The minimum absolute atomic E-state index is 0.0787. The third-order valence-corrected chi connectivity index (χ3v) is 4.87. The Kier molecular flexibility index (Phi) is 5.09. The fourth-order valence-corrected chi connectivity index (χ4v) is 4.48. The number of halogens is 2. The van der Waals surface area contributed by atoms with Gasteiger partial charge in [-0.2, -0.15) is 0 Å². The van der Waals surface area contributed by atoms with E-state index >= 15 is 0 Å². The zero-order valence-electron chi connectivity index (χ0n) is 12.5. The average Bonchev–Trinajstić information content (AvgIpc) is 2.83. The fraction of sp³-hybridized carbons (Fsp3) is 0.0588. The topological polar surface area (TPSA) is 58.6 Å². The van der Waals surface area contributed by atoms with E-state index in [1.54, 1.807) is 37.5 Å². The highest BCUT2D eigenvalue weighted by Crippen LogP contribution is 2.31. The number of carbonyl (C=O) groups is 2. The molecule has 0 aliphatic carbocycles. The van der Waals surface area contributed by atoms with Gasteiger partial charge >= 0.3 is 0 Å². The summed E-state index contributed by atoms with van der Waals surface area (Å²) in [5.41, 5.74) is 3.98. The first kappa shape index (κ1) is 17.2. The maximum Gasteiger partial charge on any atom is 0.282 e. The molecule has 1 fully saturated rings. The van der Waals surface area contributed by atoms with Crippen molar-refractivity contribution in [2.24, 2.45) is 0 Å². The Morgan fingerprint density at radius 2 is 1.83 bits per heavy atom. The number of anilines is 1. The summed E-state index contributed by atoms with van der Waals surface area (Å²) in [4.78, 5) is 24.9. The summed E-state index contributed by atoms with van der Waals surface area (Å²) in [5.74, 6) is -0.177. The van der Waals surface area contributed by atoms with Gasteiger partial charge < -0.3 is 4.74 Å². The summed E-state index contributed by atoms with van der Waals surface area (Å²) in [7, 11) is 1.57. The highest BCUT2D eigenvalue weighted by atomic mass is 127. The molecule has 0 radical (unpaired) electrons. The van der Waals surface area contributed by atoms with Gasteiger partial charge in [0.25, 0.3) is 11.8 Å². The van der Waals surface area contributed by atoms with Crippen LogP contribution in [0.2, 0.25) is 0 Å². The van der Waals surface area contributed by atoms with Crippen LogP contribution in [0.15, 0.2) is 48.0 Å². The van der Waals surface area contributed by atoms with Crippen LogP contribution in [0.5, 0.6) is 5.75 Å². The highest BCUT2D eigenvalue weighted by molar-refractivity contribution is 14.1. The molecule has 2 amide bonds. The molecule has 0 unspecified atom stereocenters. The Bertz CT molecular complexity index is 850. The van der Waals surface area contributed by atoms with Crippen LogP contribution in [0.1, 0.15) is 5.56 Å². The van der Waals surface area contributed by atoms with Gasteiger partial charge in [0, 0.05) is 9.13 Å². The van der Waals surface area contributed by atoms with Crippen molar-refractivity contribution in [2.45, 2.75) is 0 Å². The molecule has 5 nitrogen and oxygen atoms in total. The van der Waals surface area contributed by atoms with E-state index in [1.807, 2.05) is 18.2 Å². The first-order valence-corrected chi connectivity index (χ1v) is 9.12. The van der Waals surface area contributed by atoms with Gasteiger partial charge in [-0.3, -0.25) is 15.0 Å². The van der Waals surface area contributed by atoms with Crippen LogP contribution in [0.4, 0.5) is 5.69 Å². The second-order valence-corrected chi connectivity index (χ2v) is 7.39. The number of hydrogen-bond acceptors (Lipinski definition) is 3. The molecule has 2 aromatic rings. The number of ether oxygens (including phenoxy) is 1. The molecule has 1 heterocycles. The van der Waals surface area contributed by atoms with E-state index in [0.29, 0.717) is 17.0 Å². The molecule has 122 valence electrons. The van der Waals surface area contributed by atoms with Crippen molar-refractivity contribution in [3.05, 3.63) is 60.7 Å². The number of benzene rings is 2. The SMILES string of the molecule is COc1c(I)cc(I)cc1/C=C1/C(=O)NN(c2ccccc2)C1=O. The quantitative estimate of drug-likeness (QED) is 0.365. The van der Waals surface area contributed by atoms with Crippen LogP contribution in [0.25, 0.3) is 6.08 Å². The van der Waals surface area contributed by atoms with E-state index < -0.39 is 5.91 Å². The number of carbonyl (C=O) groups excluding carboxylic acids is 2. The van der Waals surface area contributed by atoms with Crippen LogP contribution >= 0.6 is 45.2 Å². The van der Waals surface area contributed by atoms with Gasteiger partial charge in [-0.15, -0.1) is 0 Å². The van der Waals surface area contributed by atoms with Crippen molar-refractivity contribution in [1.82, 2.24) is 5.43 Å². The summed E-state index contributed by atoms with van der Waals surface area (Å²) in [6.45, 7) is 0. The van der Waals surface area contributed by atoms with Crippen molar-refractivity contribution in [2.75, 3.05) is 12.1 Å². The molecular formula is C17H12I2N2O3. The van der Waals surface area contributed by atoms with E-state index in [0.717, 1.165) is 7.14 Å². The van der Waals surface area contributed by atoms with Crippen molar-refractivity contribution in [3.63, 3.8) is 0 Å². The van der Waals surface area contributed by atoms with Crippen molar-refractivity contribution < 1.29 is 14.3 Å². The van der Waals surface area contributed by atoms with Crippen LogP contribution in [-0.2, 0) is 9.59 Å². The molecule has 0 saturated carbocycles. The number of para-hydroxylation sites is 1. The lowest BCUT2D eigenvalue weighted by molar-refractivity contribution is -0.117. The first-order valence-electron chi connectivity index (χ1n) is 6.96. The van der Waals surface area contributed by atoms with E-state index in [2.05, 4.69) is 50.6 Å². The van der Waals surface area contributed by atoms with Gasteiger partial charge in [0.15, 0.2) is 0 Å². The third-order valence-electron chi connectivity index (χ3n) is 3.45. The molecule has 0 atom stereocenters. The largest absolute Gasteiger partial charge is 0.495 e. The molecule has 0 spiro atoms. The summed E-state index contributed by atoms with van der Waals surface area (Å²) in [5, 5.41) is 1.25. The molecule has 0 bridgehead atoms. The Labute approximate surface area is 166 Å². The van der Waals surface area contributed by atoms with Crippen LogP contribution < -0.4 is 15.2 Å². The summed E-state index contributed by atoms with van der Waals surface area (Å²) < 4.78 is 7.32. The predicted octanol–water partition coefficient (Wildman–Crippen LogP) is 3.37. The maximum atomic E-state index is 12.6. The van der Waals surface area contributed by atoms with E-state index in [-0.39, 0.29) is 11.5 Å². The zero-order chi connectivity index (χ0) is 17.3. The Morgan fingerprint density at radius 1 is 1.12 bits per heavy atom. The van der Waals surface area contributed by atoms with Gasteiger partial charge in [-0.1, -0.05) is 18.2 Å². The fourth-order valence-electron chi connectivity index (χ4n) is 2.37. The number of nitrogens with one attached hydrogen (secondary N) is 1. The number of hydrogen-bond donors (Lipinski definition) is 1. The molecule has 1 saturated heterocycles. The standard InChI is InChI=1S/C17H12I2N2O3/c1-24-15-10(7-11(18)9-14(15)19)8-13-16(22)20-21(17(13)23)12-5-3-2-4-6-12/h2-9H,1H3,(H,20,22)/b13-8-. The number of nitrogens with zero attached hydrogens (tertiary/aromatic N) is 1. The molecule has 3 rings (SSSR count). The van der Waals surface area contributed by atoms with Crippen molar-refractivity contribution >= 4 is 68.8 Å². The number of amides is 2. The van der Waals surface area contributed by atoms with Crippen LogP contribution in [-0.4, -0.2) is 18.9 Å². The lowest BCUT2D eigenvalue weighted by Gasteiger charge is -2.14. The Morgan fingerprint density at radius 3 is 2.50 bits per heavy atom. The van der Waals surface area contributed by atoms with Crippen LogP contribution in [0, 0.1) is 7.14 Å². The monoisotopic (exact) mass is 546 g/mol. The molecule has 1 N–H and O–H groups in total. The van der Waals surface area contributed by atoms with Crippen molar-refractivity contribution in [3.8, 4) is 5.75 Å². The molecule has 1 aliphatic rings. The lowest BCUT2D eigenvalue weighted by atomic mass is 10.1.